The van der Waals surface area contributed by atoms with Crippen molar-refractivity contribution in [3.05, 3.63) is 32.6 Å². The maximum atomic E-state index is 12.1. The van der Waals surface area contributed by atoms with E-state index in [1.165, 1.54) is 16.7 Å². The minimum atomic E-state index is -1.13. The number of amidine groups is 1. The fraction of sp³-hybridized carbons (Fsp3) is 0.214. The SMILES string of the molecule is CN=C1S/C(=C/c2cc(Cl)c(OCC(=O)O)c(Cl)c2)C(=O)N1C. The average Bonchev–Trinajstić information content (AvgIpc) is 2.74. The second-order valence-corrected chi connectivity index (χ2v) is 6.30. The largest absolute Gasteiger partial charge is 0.479 e. The third-order valence-corrected chi connectivity index (χ3v) is 4.57. The molecule has 1 heterocycles. The van der Waals surface area contributed by atoms with Gasteiger partial charge in [0.25, 0.3) is 5.91 Å². The van der Waals surface area contributed by atoms with Gasteiger partial charge in [-0.25, -0.2) is 4.79 Å². The van der Waals surface area contributed by atoms with Crippen molar-refractivity contribution < 1.29 is 19.4 Å². The summed E-state index contributed by atoms with van der Waals surface area (Å²) in [5, 5.41) is 9.55. The lowest BCUT2D eigenvalue weighted by Crippen LogP contribution is -2.23. The molecule has 122 valence electrons. The van der Waals surface area contributed by atoms with Gasteiger partial charge in [-0.15, -0.1) is 0 Å². The number of carbonyl (C=O) groups excluding carboxylic acids is 1. The molecule has 1 saturated heterocycles. The highest BCUT2D eigenvalue weighted by Gasteiger charge is 2.29. The molecule has 0 radical (unpaired) electrons. The summed E-state index contributed by atoms with van der Waals surface area (Å²) < 4.78 is 5.04. The Bertz CT molecular complexity index is 710. The van der Waals surface area contributed by atoms with Crippen molar-refractivity contribution in [2.24, 2.45) is 4.99 Å². The molecule has 2 rings (SSSR count). The summed E-state index contributed by atoms with van der Waals surface area (Å²) in [6.07, 6.45) is 1.64. The molecule has 1 aliphatic rings. The molecule has 1 amide bonds. The number of nitrogens with zero attached hydrogens (tertiary/aromatic N) is 2. The summed E-state index contributed by atoms with van der Waals surface area (Å²) in [6.45, 7) is -0.546. The Kier molecular flexibility index (Phi) is 5.56. The van der Waals surface area contributed by atoms with Gasteiger partial charge in [0.2, 0.25) is 0 Å². The van der Waals surface area contributed by atoms with Crippen LogP contribution in [-0.2, 0) is 9.59 Å². The smallest absolute Gasteiger partial charge is 0.341 e. The number of carboxylic acid groups (broad SMARTS) is 1. The lowest BCUT2D eigenvalue weighted by Gasteiger charge is -2.09. The van der Waals surface area contributed by atoms with Crippen LogP contribution in [0.4, 0.5) is 0 Å². The first-order valence-corrected chi connectivity index (χ1v) is 7.88. The molecule has 1 N–H and O–H groups in total. The van der Waals surface area contributed by atoms with Crippen molar-refractivity contribution in [3.8, 4) is 5.75 Å². The van der Waals surface area contributed by atoms with Crippen LogP contribution < -0.4 is 4.74 Å². The molecule has 0 atom stereocenters. The predicted molar refractivity (Wildman–Crippen MR) is 91.3 cm³/mol. The number of carboxylic acids is 1. The molecular formula is C14H12Cl2N2O4S. The van der Waals surface area contributed by atoms with Crippen molar-refractivity contribution in [1.82, 2.24) is 4.90 Å². The number of thioether (sulfide) groups is 1. The van der Waals surface area contributed by atoms with Gasteiger partial charge in [-0.3, -0.25) is 14.7 Å². The van der Waals surface area contributed by atoms with Crippen LogP contribution in [0, 0.1) is 0 Å². The number of halogens is 2. The number of likely N-dealkylation sites (N-methyl/N-ethyl adjacent to an activating group) is 1. The van der Waals surface area contributed by atoms with Crippen molar-refractivity contribution >= 4 is 58.1 Å². The number of hydrogen-bond acceptors (Lipinski definition) is 5. The second kappa shape index (κ2) is 7.25. The molecule has 0 spiro atoms. The van der Waals surface area contributed by atoms with E-state index in [0.717, 1.165) is 0 Å². The molecular weight excluding hydrogens is 363 g/mol. The third-order valence-electron chi connectivity index (χ3n) is 2.85. The van der Waals surface area contributed by atoms with Gasteiger partial charge in [0.1, 0.15) is 0 Å². The van der Waals surface area contributed by atoms with Crippen LogP contribution >= 0.6 is 35.0 Å². The number of carbonyl (C=O) groups is 2. The fourth-order valence-electron chi connectivity index (χ4n) is 1.84. The van der Waals surface area contributed by atoms with E-state index < -0.39 is 12.6 Å². The number of aliphatic imine (C=N–C) groups is 1. The maximum absolute atomic E-state index is 12.1. The minimum absolute atomic E-state index is 0.0937. The van der Waals surface area contributed by atoms with Gasteiger partial charge in [-0.05, 0) is 35.5 Å². The Morgan fingerprint density at radius 2 is 2.04 bits per heavy atom. The van der Waals surface area contributed by atoms with E-state index in [1.807, 2.05) is 0 Å². The van der Waals surface area contributed by atoms with E-state index >= 15 is 0 Å². The molecule has 6 nitrogen and oxygen atoms in total. The molecule has 0 unspecified atom stereocenters. The molecule has 1 fully saturated rings. The Hall–Kier alpha value is -1.70. The molecule has 0 bridgehead atoms. The molecule has 1 aromatic carbocycles. The van der Waals surface area contributed by atoms with Gasteiger partial charge in [-0.1, -0.05) is 23.2 Å². The molecule has 1 aromatic rings. The second-order valence-electron chi connectivity index (χ2n) is 4.48. The first-order valence-electron chi connectivity index (χ1n) is 6.31. The summed E-state index contributed by atoms with van der Waals surface area (Å²) >= 11 is 13.4. The summed E-state index contributed by atoms with van der Waals surface area (Å²) in [6, 6.07) is 3.10. The van der Waals surface area contributed by atoms with Crippen molar-refractivity contribution in [1.29, 1.82) is 0 Å². The molecule has 9 heteroatoms. The number of rotatable bonds is 4. The Morgan fingerprint density at radius 1 is 1.43 bits per heavy atom. The van der Waals surface area contributed by atoms with E-state index in [4.69, 9.17) is 33.0 Å². The molecule has 0 saturated carbocycles. The Labute approximate surface area is 146 Å². The van der Waals surface area contributed by atoms with E-state index in [1.54, 1.807) is 32.3 Å². The number of amides is 1. The zero-order valence-corrected chi connectivity index (χ0v) is 14.5. The highest BCUT2D eigenvalue weighted by atomic mass is 35.5. The van der Waals surface area contributed by atoms with Gasteiger partial charge < -0.3 is 9.84 Å². The Morgan fingerprint density at radius 3 is 2.52 bits per heavy atom. The third kappa shape index (κ3) is 3.99. The Balaban J connectivity index is 2.30. The number of ether oxygens (including phenoxy) is 1. The van der Waals surface area contributed by atoms with Crippen LogP contribution in [0.1, 0.15) is 5.56 Å². The first kappa shape index (κ1) is 17.7. The zero-order valence-electron chi connectivity index (χ0n) is 12.2. The zero-order chi connectivity index (χ0) is 17.1. The fourth-order valence-corrected chi connectivity index (χ4v) is 3.38. The van der Waals surface area contributed by atoms with Crippen molar-refractivity contribution in [3.63, 3.8) is 0 Å². The lowest BCUT2D eigenvalue weighted by atomic mass is 10.2. The minimum Gasteiger partial charge on any atom is -0.479 e. The van der Waals surface area contributed by atoms with E-state index in [2.05, 4.69) is 4.99 Å². The average molecular weight is 375 g/mol. The van der Waals surface area contributed by atoms with Gasteiger partial charge in [0, 0.05) is 14.1 Å². The summed E-state index contributed by atoms with van der Waals surface area (Å²) in [5.41, 5.74) is 0.601. The number of hydrogen-bond donors (Lipinski definition) is 1. The molecule has 0 aliphatic carbocycles. The van der Waals surface area contributed by atoms with E-state index in [9.17, 15) is 9.59 Å². The van der Waals surface area contributed by atoms with Crippen LogP contribution in [-0.4, -0.2) is 47.8 Å². The van der Waals surface area contributed by atoms with Gasteiger partial charge >= 0.3 is 5.97 Å². The summed E-state index contributed by atoms with van der Waals surface area (Å²) in [7, 11) is 3.25. The van der Waals surface area contributed by atoms with Crippen LogP contribution in [0.5, 0.6) is 5.75 Å². The van der Waals surface area contributed by atoms with E-state index in [0.29, 0.717) is 15.6 Å². The summed E-state index contributed by atoms with van der Waals surface area (Å²) in [5.74, 6) is -1.21. The normalized spacial score (nSPS) is 18.1. The van der Waals surface area contributed by atoms with Crippen LogP contribution in [0.15, 0.2) is 22.0 Å². The predicted octanol–water partition coefficient (Wildman–Crippen LogP) is 2.99. The van der Waals surface area contributed by atoms with Gasteiger partial charge in [0.05, 0.1) is 15.0 Å². The highest BCUT2D eigenvalue weighted by Crippen LogP contribution is 2.37. The lowest BCUT2D eigenvalue weighted by molar-refractivity contribution is -0.139. The summed E-state index contributed by atoms with van der Waals surface area (Å²) in [4.78, 5) is 28.6. The number of aliphatic carboxylic acids is 1. The van der Waals surface area contributed by atoms with Crippen LogP contribution in [0.25, 0.3) is 6.08 Å². The molecule has 1 aliphatic heterocycles. The standard InChI is InChI=1S/C14H12Cl2N2O4S/c1-17-14-18(2)13(21)10(23-14)5-7-3-8(15)12(9(16)4-7)22-6-11(19)20/h3-5H,6H2,1-2H3,(H,19,20)/b10-5+,17-14?. The van der Waals surface area contributed by atoms with Crippen LogP contribution in [0.2, 0.25) is 10.0 Å². The van der Waals surface area contributed by atoms with Crippen molar-refractivity contribution in [2.75, 3.05) is 20.7 Å². The first-order chi connectivity index (χ1) is 10.8. The van der Waals surface area contributed by atoms with Gasteiger partial charge in [0.15, 0.2) is 17.5 Å². The highest BCUT2D eigenvalue weighted by molar-refractivity contribution is 8.18. The topological polar surface area (TPSA) is 79.2 Å². The van der Waals surface area contributed by atoms with E-state index in [-0.39, 0.29) is 21.7 Å². The number of benzene rings is 1. The monoisotopic (exact) mass is 374 g/mol. The molecule has 0 aromatic heterocycles. The van der Waals surface area contributed by atoms with Crippen LogP contribution in [0.3, 0.4) is 0 Å². The maximum Gasteiger partial charge on any atom is 0.341 e. The van der Waals surface area contributed by atoms with Gasteiger partial charge in [-0.2, -0.15) is 0 Å². The van der Waals surface area contributed by atoms with Crippen molar-refractivity contribution in [2.45, 2.75) is 0 Å². The quantitative estimate of drug-likeness (QED) is 0.819. The molecule has 23 heavy (non-hydrogen) atoms.